The lowest BCUT2D eigenvalue weighted by Crippen LogP contribution is -2.41. The molecule has 5 heteroatoms. The Labute approximate surface area is 156 Å². The molecule has 5 nitrogen and oxygen atoms in total. The number of carbonyl (C=O) groups is 2. The summed E-state index contributed by atoms with van der Waals surface area (Å²) in [6.45, 7) is 5.92. The maximum Gasteiger partial charge on any atom is 0.253 e. The molecular formula is C21H30N2O3. The number of rotatable bonds is 5. The number of carbonyl (C=O) groups excluding carboxylic acids is 2. The molecule has 0 radical (unpaired) electrons. The minimum absolute atomic E-state index is 0.122. The van der Waals surface area contributed by atoms with Gasteiger partial charge in [-0.3, -0.25) is 9.59 Å². The predicted molar refractivity (Wildman–Crippen MR) is 101 cm³/mol. The Bertz CT molecular complexity index is 608. The van der Waals surface area contributed by atoms with Crippen molar-refractivity contribution in [2.75, 3.05) is 32.8 Å². The summed E-state index contributed by atoms with van der Waals surface area (Å²) >= 11 is 0. The van der Waals surface area contributed by atoms with Crippen LogP contribution in [-0.4, -0.2) is 54.4 Å². The lowest BCUT2D eigenvalue weighted by atomic mass is 9.98. The minimum atomic E-state index is 0.122. The molecule has 1 aromatic carbocycles. The van der Waals surface area contributed by atoms with Gasteiger partial charge in [0.15, 0.2) is 0 Å². The summed E-state index contributed by atoms with van der Waals surface area (Å²) in [6.07, 6.45) is 6.14. The Morgan fingerprint density at radius 2 is 1.69 bits per heavy atom. The molecule has 0 spiro atoms. The van der Waals surface area contributed by atoms with Gasteiger partial charge in [0.25, 0.3) is 5.91 Å². The maximum atomic E-state index is 12.5. The van der Waals surface area contributed by atoms with Crippen LogP contribution in [0.15, 0.2) is 24.3 Å². The molecule has 2 saturated heterocycles. The Hall–Kier alpha value is -2.04. The fourth-order valence-electron chi connectivity index (χ4n) is 3.84. The summed E-state index contributed by atoms with van der Waals surface area (Å²) in [5.41, 5.74) is 0.733. The standard InChI is InChI=1S/C21H30N2O3/c1-2-20(24)23-14-6-7-17(15-23)16-26-19-10-8-18(9-11-19)21(25)22-12-4-3-5-13-22/h8-11,17H,2-7,12-16H2,1H3/t17-/m1/s1. The summed E-state index contributed by atoms with van der Waals surface area (Å²) < 4.78 is 5.92. The van der Waals surface area contributed by atoms with Crippen molar-refractivity contribution >= 4 is 11.8 Å². The first kappa shape index (κ1) is 18.7. The number of amides is 2. The van der Waals surface area contributed by atoms with Crippen LogP contribution in [-0.2, 0) is 4.79 Å². The van der Waals surface area contributed by atoms with Crippen LogP contribution in [0.3, 0.4) is 0 Å². The van der Waals surface area contributed by atoms with Crippen molar-refractivity contribution in [3.8, 4) is 5.75 Å². The molecule has 2 fully saturated rings. The Balaban J connectivity index is 1.49. The van der Waals surface area contributed by atoms with Crippen LogP contribution in [0.5, 0.6) is 5.75 Å². The van der Waals surface area contributed by atoms with E-state index in [1.807, 2.05) is 41.0 Å². The first-order chi connectivity index (χ1) is 12.7. The zero-order valence-corrected chi connectivity index (χ0v) is 15.8. The molecule has 2 aliphatic rings. The largest absolute Gasteiger partial charge is 0.493 e. The molecule has 142 valence electrons. The Morgan fingerprint density at radius 3 is 2.38 bits per heavy atom. The van der Waals surface area contributed by atoms with Crippen molar-refractivity contribution in [3.63, 3.8) is 0 Å². The summed E-state index contributed by atoms with van der Waals surface area (Å²) in [4.78, 5) is 28.3. The van der Waals surface area contributed by atoms with E-state index in [0.29, 0.717) is 18.9 Å². The van der Waals surface area contributed by atoms with Crippen LogP contribution in [0.25, 0.3) is 0 Å². The highest BCUT2D eigenvalue weighted by atomic mass is 16.5. The lowest BCUT2D eigenvalue weighted by molar-refractivity contribution is -0.132. The van der Waals surface area contributed by atoms with Crippen molar-refractivity contribution in [1.82, 2.24) is 9.80 Å². The third-order valence-electron chi connectivity index (χ3n) is 5.40. The molecule has 0 unspecified atom stereocenters. The van der Waals surface area contributed by atoms with Gasteiger partial charge in [0.05, 0.1) is 6.61 Å². The van der Waals surface area contributed by atoms with Crippen molar-refractivity contribution in [1.29, 1.82) is 0 Å². The Kier molecular flexibility index (Phi) is 6.53. The van der Waals surface area contributed by atoms with Crippen LogP contribution in [0.2, 0.25) is 0 Å². The minimum Gasteiger partial charge on any atom is -0.493 e. The van der Waals surface area contributed by atoms with Crippen molar-refractivity contribution in [3.05, 3.63) is 29.8 Å². The zero-order chi connectivity index (χ0) is 18.4. The normalized spacial score (nSPS) is 20.7. The highest BCUT2D eigenvalue weighted by Gasteiger charge is 2.23. The molecule has 0 N–H and O–H groups in total. The molecule has 0 aromatic heterocycles. The van der Waals surface area contributed by atoms with Gasteiger partial charge in [-0.2, -0.15) is 0 Å². The third-order valence-corrected chi connectivity index (χ3v) is 5.40. The number of nitrogens with zero attached hydrogens (tertiary/aromatic N) is 2. The molecule has 2 heterocycles. The number of benzene rings is 1. The van der Waals surface area contributed by atoms with Gasteiger partial charge in [0.2, 0.25) is 5.91 Å². The second-order valence-electron chi connectivity index (χ2n) is 7.39. The van der Waals surface area contributed by atoms with Crippen LogP contribution < -0.4 is 4.74 Å². The van der Waals surface area contributed by atoms with E-state index < -0.39 is 0 Å². The molecule has 2 amide bonds. The molecular weight excluding hydrogens is 328 g/mol. The smallest absolute Gasteiger partial charge is 0.253 e. The average molecular weight is 358 g/mol. The van der Waals surface area contributed by atoms with Gasteiger partial charge in [-0.05, 0) is 56.4 Å². The number of piperidine rings is 2. The van der Waals surface area contributed by atoms with Crippen LogP contribution in [0, 0.1) is 5.92 Å². The fraction of sp³-hybridized carbons (Fsp3) is 0.619. The van der Waals surface area contributed by atoms with Crippen molar-refractivity contribution < 1.29 is 14.3 Å². The van der Waals surface area contributed by atoms with E-state index >= 15 is 0 Å². The second kappa shape index (κ2) is 9.06. The summed E-state index contributed by atoms with van der Waals surface area (Å²) in [6, 6.07) is 7.49. The molecule has 2 aliphatic heterocycles. The number of likely N-dealkylation sites (tertiary alicyclic amines) is 2. The quantitative estimate of drug-likeness (QED) is 0.811. The molecule has 26 heavy (non-hydrogen) atoms. The van der Waals surface area contributed by atoms with Gasteiger partial charge in [-0.1, -0.05) is 6.92 Å². The fourth-order valence-corrected chi connectivity index (χ4v) is 3.84. The maximum absolute atomic E-state index is 12.5. The van der Waals surface area contributed by atoms with Gasteiger partial charge in [0.1, 0.15) is 5.75 Å². The van der Waals surface area contributed by atoms with Gasteiger partial charge < -0.3 is 14.5 Å². The van der Waals surface area contributed by atoms with Crippen molar-refractivity contribution in [2.24, 2.45) is 5.92 Å². The second-order valence-corrected chi connectivity index (χ2v) is 7.39. The average Bonchev–Trinajstić information content (AvgIpc) is 2.72. The van der Waals surface area contributed by atoms with Crippen LogP contribution in [0.1, 0.15) is 55.8 Å². The predicted octanol–water partition coefficient (Wildman–Crippen LogP) is 3.34. The molecule has 0 bridgehead atoms. The van der Waals surface area contributed by atoms with E-state index in [9.17, 15) is 9.59 Å². The SMILES string of the molecule is CCC(=O)N1CCC[C@@H](COc2ccc(C(=O)N3CCCCC3)cc2)C1. The van der Waals surface area contributed by atoms with E-state index in [-0.39, 0.29) is 11.8 Å². The zero-order valence-electron chi connectivity index (χ0n) is 15.8. The highest BCUT2D eigenvalue weighted by Crippen LogP contribution is 2.21. The highest BCUT2D eigenvalue weighted by molar-refractivity contribution is 5.94. The molecule has 0 aliphatic carbocycles. The van der Waals surface area contributed by atoms with Gasteiger partial charge in [-0.25, -0.2) is 0 Å². The molecule has 1 aromatic rings. The number of hydrogen-bond acceptors (Lipinski definition) is 3. The summed E-state index contributed by atoms with van der Waals surface area (Å²) in [5, 5.41) is 0. The number of hydrogen-bond donors (Lipinski definition) is 0. The number of ether oxygens (including phenoxy) is 1. The van der Waals surface area contributed by atoms with Crippen molar-refractivity contribution in [2.45, 2.75) is 45.4 Å². The van der Waals surface area contributed by atoms with Gasteiger partial charge in [0, 0.05) is 44.1 Å². The van der Waals surface area contributed by atoms with E-state index in [4.69, 9.17) is 4.74 Å². The molecule has 1 atom stereocenters. The summed E-state index contributed by atoms with van der Waals surface area (Å²) in [5.74, 6) is 1.53. The van der Waals surface area contributed by atoms with E-state index in [1.54, 1.807) is 0 Å². The lowest BCUT2D eigenvalue weighted by Gasteiger charge is -2.32. The first-order valence-electron chi connectivity index (χ1n) is 9.97. The van der Waals surface area contributed by atoms with Crippen LogP contribution in [0.4, 0.5) is 0 Å². The molecule has 0 saturated carbocycles. The first-order valence-corrected chi connectivity index (χ1v) is 9.97. The van der Waals surface area contributed by atoms with E-state index in [1.165, 1.54) is 6.42 Å². The van der Waals surface area contributed by atoms with Gasteiger partial charge >= 0.3 is 0 Å². The van der Waals surface area contributed by atoms with E-state index in [0.717, 1.165) is 63.2 Å². The van der Waals surface area contributed by atoms with Crippen LogP contribution >= 0.6 is 0 Å². The Morgan fingerprint density at radius 1 is 1.00 bits per heavy atom. The molecule has 3 rings (SSSR count). The summed E-state index contributed by atoms with van der Waals surface area (Å²) in [7, 11) is 0. The monoisotopic (exact) mass is 358 g/mol. The van der Waals surface area contributed by atoms with Gasteiger partial charge in [-0.15, -0.1) is 0 Å². The topological polar surface area (TPSA) is 49.9 Å². The third kappa shape index (κ3) is 4.77. The van der Waals surface area contributed by atoms with E-state index in [2.05, 4.69) is 0 Å².